The van der Waals surface area contributed by atoms with Crippen LogP contribution < -0.4 is 0 Å². The smallest absolute Gasteiger partial charge is 0.0596 e. The van der Waals surface area contributed by atoms with Crippen molar-refractivity contribution in [1.82, 2.24) is 0 Å². The third-order valence-electron chi connectivity index (χ3n) is 5.90. The van der Waals surface area contributed by atoms with Crippen LogP contribution in [0.5, 0.6) is 0 Å². The van der Waals surface area contributed by atoms with Crippen LogP contribution in [0.25, 0.3) is 0 Å². The van der Waals surface area contributed by atoms with E-state index in [0.29, 0.717) is 5.41 Å². The zero-order valence-corrected chi connectivity index (χ0v) is 9.91. The molecule has 0 saturated heterocycles. The summed E-state index contributed by atoms with van der Waals surface area (Å²) in [5, 5.41) is 10.2. The van der Waals surface area contributed by atoms with Crippen LogP contribution in [-0.4, -0.2) is 11.2 Å². The molecule has 0 aromatic carbocycles. The van der Waals surface area contributed by atoms with Gasteiger partial charge in [0.25, 0.3) is 0 Å². The Morgan fingerprint density at radius 2 is 1.80 bits per heavy atom. The monoisotopic (exact) mass is 208 g/mol. The van der Waals surface area contributed by atoms with Crippen molar-refractivity contribution in [1.29, 1.82) is 0 Å². The van der Waals surface area contributed by atoms with Crippen LogP contribution in [0.15, 0.2) is 0 Å². The van der Waals surface area contributed by atoms with Crippen molar-refractivity contribution < 1.29 is 5.11 Å². The first-order valence-electron chi connectivity index (χ1n) is 6.90. The van der Waals surface area contributed by atoms with Crippen molar-refractivity contribution in [2.45, 2.75) is 64.4 Å². The Balaban J connectivity index is 1.85. The molecule has 3 fully saturated rings. The molecule has 5 atom stereocenters. The van der Waals surface area contributed by atoms with E-state index in [-0.39, 0.29) is 6.10 Å². The molecule has 1 N–H and O–H groups in total. The molecule has 0 aromatic heterocycles. The second-order valence-electron chi connectivity index (χ2n) is 6.45. The molecule has 0 aromatic rings. The van der Waals surface area contributed by atoms with Gasteiger partial charge in [0.15, 0.2) is 0 Å². The van der Waals surface area contributed by atoms with E-state index < -0.39 is 0 Å². The fourth-order valence-electron chi connectivity index (χ4n) is 4.92. The van der Waals surface area contributed by atoms with E-state index in [1.54, 1.807) is 0 Å². The molecule has 0 bridgehead atoms. The molecule has 0 spiro atoms. The second kappa shape index (κ2) is 3.48. The minimum absolute atomic E-state index is 0.00498. The maximum Gasteiger partial charge on any atom is 0.0596 e. The lowest BCUT2D eigenvalue weighted by atomic mass is 9.56. The van der Waals surface area contributed by atoms with E-state index >= 15 is 0 Å². The van der Waals surface area contributed by atoms with Gasteiger partial charge in [-0.15, -0.1) is 0 Å². The summed E-state index contributed by atoms with van der Waals surface area (Å²) in [6.45, 7) is 2.36. The standard InChI is InChI=1S/C14H24O/c1-14-9-8-10-4-2-3-5-11(10)12(14)6-7-13(14)15/h10-13,15H,2-9H2,1H3/t10?,11-,12?,13?,14+/m1/s1. The third kappa shape index (κ3) is 1.39. The summed E-state index contributed by atoms with van der Waals surface area (Å²) in [6.07, 6.45) is 10.9. The van der Waals surface area contributed by atoms with Crippen LogP contribution in [-0.2, 0) is 0 Å². The average Bonchev–Trinajstić information content (AvgIpc) is 2.56. The topological polar surface area (TPSA) is 20.2 Å². The Morgan fingerprint density at radius 1 is 1.00 bits per heavy atom. The van der Waals surface area contributed by atoms with Crippen molar-refractivity contribution in [3.63, 3.8) is 0 Å². The molecule has 15 heavy (non-hydrogen) atoms. The molecule has 3 aliphatic rings. The predicted octanol–water partition coefficient (Wildman–Crippen LogP) is 3.36. The van der Waals surface area contributed by atoms with Gasteiger partial charge in [0, 0.05) is 0 Å². The summed E-state index contributed by atoms with van der Waals surface area (Å²) in [4.78, 5) is 0. The summed E-state index contributed by atoms with van der Waals surface area (Å²) >= 11 is 0. The normalized spacial score (nSPS) is 54.8. The van der Waals surface area contributed by atoms with Crippen molar-refractivity contribution in [3.05, 3.63) is 0 Å². The highest BCUT2D eigenvalue weighted by atomic mass is 16.3. The Kier molecular flexibility index (Phi) is 2.35. The Labute approximate surface area is 93.3 Å². The van der Waals surface area contributed by atoms with E-state index in [1.807, 2.05) is 0 Å². The van der Waals surface area contributed by atoms with Gasteiger partial charge >= 0.3 is 0 Å². The van der Waals surface area contributed by atoms with Crippen LogP contribution in [0.2, 0.25) is 0 Å². The van der Waals surface area contributed by atoms with E-state index in [4.69, 9.17) is 0 Å². The highest BCUT2D eigenvalue weighted by Gasteiger charge is 2.53. The first-order chi connectivity index (χ1) is 7.22. The Hall–Kier alpha value is -0.0400. The summed E-state index contributed by atoms with van der Waals surface area (Å²) in [5.74, 6) is 2.84. The Bertz CT molecular complexity index is 250. The highest BCUT2D eigenvalue weighted by Crippen LogP contribution is 2.58. The molecule has 0 aliphatic heterocycles. The van der Waals surface area contributed by atoms with Crippen molar-refractivity contribution in [3.8, 4) is 0 Å². The average molecular weight is 208 g/mol. The van der Waals surface area contributed by atoms with Gasteiger partial charge in [-0.1, -0.05) is 26.2 Å². The number of aliphatic hydroxyl groups excluding tert-OH is 1. The molecule has 3 rings (SSSR count). The summed E-state index contributed by atoms with van der Waals surface area (Å²) in [7, 11) is 0. The van der Waals surface area contributed by atoms with Crippen molar-refractivity contribution in [2.24, 2.45) is 23.2 Å². The van der Waals surface area contributed by atoms with Crippen LogP contribution >= 0.6 is 0 Å². The molecule has 3 unspecified atom stereocenters. The summed E-state index contributed by atoms with van der Waals surface area (Å²) in [5.41, 5.74) is 0.290. The second-order valence-corrected chi connectivity index (χ2v) is 6.45. The lowest BCUT2D eigenvalue weighted by Crippen LogP contribution is -2.44. The Morgan fingerprint density at radius 3 is 2.67 bits per heavy atom. The van der Waals surface area contributed by atoms with Gasteiger partial charge in [-0.2, -0.15) is 0 Å². The van der Waals surface area contributed by atoms with Gasteiger partial charge in [0.2, 0.25) is 0 Å². The van der Waals surface area contributed by atoms with E-state index in [2.05, 4.69) is 6.92 Å². The van der Waals surface area contributed by atoms with Crippen LogP contribution in [0.1, 0.15) is 58.3 Å². The quantitative estimate of drug-likeness (QED) is 0.647. The van der Waals surface area contributed by atoms with Crippen LogP contribution in [0.4, 0.5) is 0 Å². The minimum Gasteiger partial charge on any atom is -0.393 e. The van der Waals surface area contributed by atoms with Crippen LogP contribution in [0.3, 0.4) is 0 Å². The molecule has 0 radical (unpaired) electrons. The molecule has 0 heterocycles. The molecular weight excluding hydrogens is 184 g/mol. The minimum atomic E-state index is 0.00498. The van der Waals surface area contributed by atoms with Crippen LogP contribution in [0, 0.1) is 23.2 Å². The first-order valence-corrected chi connectivity index (χ1v) is 6.90. The number of hydrogen-bond acceptors (Lipinski definition) is 1. The molecule has 1 heteroatoms. The molecule has 86 valence electrons. The maximum atomic E-state index is 10.2. The number of rotatable bonds is 0. The zero-order valence-electron chi connectivity index (χ0n) is 9.91. The number of fused-ring (bicyclic) bond motifs is 3. The fraction of sp³-hybridized carbons (Fsp3) is 1.00. The molecule has 3 saturated carbocycles. The van der Waals surface area contributed by atoms with Gasteiger partial charge in [-0.25, -0.2) is 0 Å². The molecular formula is C14H24O. The highest BCUT2D eigenvalue weighted by molar-refractivity contribution is 5.03. The number of aliphatic hydroxyl groups is 1. The van der Waals surface area contributed by atoms with Gasteiger partial charge < -0.3 is 5.11 Å². The van der Waals surface area contributed by atoms with Gasteiger partial charge in [-0.3, -0.25) is 0 Å². The lowest BCUT2D eigenvalue weighted by Gasteiger charge is -2.49. The predicted molar refractivity (Wildman–Crippen MR) is 61.5 cm³/mol. The fourth-order valence-corrected chi connectivity index (χ4v) is 4.92. The largest absolute Gasteiger partial charge is 0.393 e. The summed E-state index contributed by atoms with van der Waals surface area (Å²) < 4.78 is 0. The summed E-state index contributed by atoms with van der Waals surface area (Å²) in [6, 6.07) is 0. The SMILES string of the molecule is C[C@]12CCC3CCCC[C@H]3C1CCC2O. The van der Waals surface area contributed by atoms with E-state index in [0.717, 1.165) is 24.2 Å². The zero-order chi connectivity index (χ0) is 10.5. The maximum absolute atomic E-state index is 10.2. The molecule has 1 nitrogen and oxygen atoms in total. The van der Waals surface area contributed by atoms with Gasteiger partial charge in [-0.05, 0) is 55.3 Å². The van der Waals surface area contributed by atoms with Gasteiger partial charge in [0.1, 0.15) is 0 Å². The van der Waals surface area contributed by atoms with E-state index in [1.165, 1.54) is 44.9 Å². The molecule has 0 amide bonds. The molecule has 3 aliphatic carbocycles. The first kappa shape index (κ1) is 10.1. The lowest BCUT2D eigenvalue weighted by molar-refractivity contribution is -0.0447. The van der Waals surface area contributed by atoms with Crippen molar-refractivity contribution in [2.75, 3.05) is 0 Å². The number of hydrogen-bond donors (Lipinski definition) is 1. The van der Waals surface area contributed by atoms with Crippen molar-refractivity contribution >= 4 is 0 Å². The third-order valence-corrected chi connectivity index (χ3v) is 5.90. The van der Waals surface area contributed by atoms with Gasteiger partial charge in [0.05, 0.1) is 6.10 Å². The van der Waals surface area contributed by atoms with E-state index in [9.17, 15) is 5.11 Å².